The number of rotatable bonds is 5. The molecule has 0 spiro atoms. The molecule has 3 rings (SSSR count). The smallest absolute Gasteiger partial charge is 0.259 e. The minimum absolute atomic E-state index is 0.149. The van der Waals surface area contributed by atoms with Crippen LogP contribution >= 0.6 is 0 Å². The maximum absolute atomic E-state index is 12.7. The van der Waals surface area contributed by atoms with Gasteiger partial charge in [0.05, 0.1) is 17.5 Å². The summed E-state index contributed by atoms with van der Waals surface area (Å²) in [7, 11) is 0. The molecule has 1 aliphatic rings. The monoisotopic (exact) mass is 349 g/mol. The number of amides is 1. The maximum atomic E-state index is 12.7. The van der Waals surface area contributed by atoms with Crippen LogP contribution in [0.1, 0.15) is 73.0 Å². The van der Waals surface area contributed by atoms with E-state index >= 15 is 0 Å². The van der Waals surface area contributed by atoms with Crippen LogP contribution in [0, 0.1) is 0 Å². The molecule has 1 N–H and O–H groups in total. The largest absolute Gasteiger partial charge is 0.322 e. The normalized spacial score (nSPS) is 15.7. The van der Waals surface area contributed by atoms with Gasteiger partial charge in [-0.1, -0.05) is 50.5 Å². The number of nitrogens with one attached hydrogen (secondary N) is 1. The van der Waals surface area contributed by atoms with Gasteiger partial charge in [0, 0.05) is 11.9 Å². The molecule has 1 amide bonds. The van der Waals surface area contributed by atoms with Crippen molar-refractivity contribution >= 4 is 23.9 Å². The highest BCUT2D eigenvalue weighted by Crippen LogP contribution is 2.32. The van der Waals surface area contributed by atoms with Crippen molar-refractivity contribution < 1.29 is 4.79 Å². The number of aromatic nitrogens is 2. The summed E-state index contributed by atoms with van der Waals surface area (Å²) >= 11 is 0. The van der Waals surface area contributed by atoms with Crippen LogP contribution in [0.15, 0.2) is 43.1 Å². The van der Waals surface area contributed by atoms with Crippen LogP contribution in [0.3, 0.4) is 0 Å². The van der Waals surface area contributed by atoms with E-state index in [0.717, 1.165) is 11.4 Å². The van der Waals surface area contributed by atoms with Gasteiger partial charge in [0.2, 0.25) is 0 Å². The Morgan fingerprint density at radius 3 is 2.73 bits per heavy atom. The first-order chi connectivity index (χ1) is 12.7. The molecular weight excluding hydrogens is 322 g/mol. The van der Waals surface area contributed by atoms with Crippen molar-refractivity contribution in [3.05, 3.63) is 59.9 Å². The van der Waals surface area contributed by atoms with E-state index in [1.54, 1.807) is 17.1 Å². The predicted octanol–water partition coefficient (Wildman–Crippen LogP) is 5.71. The summed E-state index contributed by atoms with van der Waals surface area (Å²) in [6.07, 6.45) is 14.7. The van der Waals surface area contributed by atoms with E-state index in [9.17, 15) is 4.79 Å². The number of carbonyl (C=O) groups is 1. The number of hydrogen-bond donors (Lipinski definition) is 1. The third kappa shape index (κ3) is 4.13. The number of nitrogens with zero attached hydrogens (tertiary/aromatic N) is 2. The number of anilines is 1. The third-order valence-electron chi connectivity index (χ3n) is 5.05. The lowest BCUT2D eigenvalue weighted by Crippen LogP contribution is -2.13. The fraction of sp³-hybridized carbons (Fsp3) is 0.364. The van der Waals surface area contributed by atoms with Crippen molar-refractivity contribution in [2.24, 2.45) is 0 Å². The van der Waals surface area contributed by atoms with Gasteiger partial charge in [0.15, 0.2) is 0 Å². The van der Waals surface area contributed by atoms with Crippen LogP contribution in [0.25, 0.3) is 12.3 Å². The molecule has 0 bridgehead atoms. The van der Waals surface area contributed by atoms with Gasteiger partial charge in [-0.25, -0.2) is 4.68 Å². The van der Waals surface area contributed by atoms with Crippen LogP contribution in [0.4, 0.5) is 5.69 Å². The van der Waals surface area contributed by atoms with Crippen molar-refractivity contribution in [2.75, 3.05) is 5.32 Å². The molecule has 1 aromatic carbocycles. The zero-order chi connectivity index (χ0) is 18.4. The van der Waals surface area contributed by atoms with Crippen LogP contribution in [0.2, 0.25) is 0 Å². The van der Waals surface area contributed by atoms with E-state index in [2.05, 4.69) is 29.1 Å². The van der Waals surface area contributed by atoms with Gasteiger partial charge < -0.3 is 5.32 Å². The summed E-state index contributed by atoms with van der Waals surface area (Å²) in [5.74, 6) is 0.459. The van der Waals surface area contributed by atoms with Crippen LogP contribution in [-0.2, 0) is 0 Å². The molecule has 1 heterocycles. The first kappa shape index (κ1) is 18.2. The molecule has 1 aromatic heterocycles. The van der Waals surface area contributed by atoms with Gasteiger partial charge in [-0.15, -0.1) is 0 Å². The molecule has 0 atom stereocenters. The Hall–Kier alpha value is -2.62. The van der Waals surface area contributed by atoms with Crippen molar-refractivity contribution in [1.82, 2.24) is 9.78 Å². The Labute approximate surface area is 155 Å². The minimum atomic E-state index is -0.149. The highest BCUT2D eigenvalue weighted by atomic mass is 16.1. The van der Waals surface area contributed by atoms with Gasteiger partial charge >= 0.3 is 0 Å². The number of benzene rings is 1. The molecule has 4 nitrogen and oxygen atoms in total. The second kappa shape index (κ2) is 8.65. The van der Waals surface area contributed by atoms with E-state index in [1.807, 2.05) is 31.2 Å². The topological polar surface area (TPSA) is 46.9 Å². The predicted molar refractivity (Wildman–Crippen MR) is 108 cm³/mol. The Kier molecular flexibility index (Phi) is 6.05. The number of carbonyl (C=O) groups excluding carboxylic acids is 1. The van der Waals surface area contributed by atoms with Crippen LogP contribution in [-0.4, -0.2) is 15.7 Å². The Bertz CT molecular complexity index is 795. The number of allylic oxidation sites excluding steroid dienone is 1. The lowest BCUT2D eigenvalue weighted by molar-refractivity contribution is 0.102. The van der Waals surface area contributed by atoms with E-state index in [-0.39, 0.29) is 5.91 Å². The molecule has 0 radical (unpaired) electrons. The molecule has 136 valence electrons. The van der Waals surface area contributed by atoms with E-state index < -0.39 is 0 Å². The molecular formula is C22H27N3O. The average molecular weight is 349 g/mol. The van der Waals surface area contributed by atoms with Crippen molar-refractivity contribution in [3.63, 3.8) is 0 Å². The second-order valence-corrected chi connectivity index (χ2v) is 6.84. The molecule has 0 saturated heterocycles. The zero-order valence-electron chi connectivity index (χ0n) is 15.4. The molecule has 1 fully saturated rings. The van der Waals surface area contributed by atoms with Crippen molar-refractivity contribution in [2.45, 2.75) is 51.4 Å². The minimum Gasteiger partial charge on any atom is -0.322 e. The van der Waals surface area contributed by atoms with Gasteiger partial charge in [-0.2, -0.15) is 5.10 Å². The van der Waals surface area contributed by atoms with Gasteiger partial charge in [0.1, 0.15) is 0 Å². The zero-order valence-corrected chi connectivity index (χ0v) is 15.4. The van der Waals surface area contributed by atoms with Gasteiger partial charge in [0.25, 0.3) is 5.91 Å². The summed E-state index contributed by atoms with van der Waals surface area (Å²) in [4.78, 5) is 12.7. The summed E-state index contributed by atoms with van der Waals surface area (Å²) in [6, 6.07) is 8.30. The molecule has 1 aliphatic carbocycles. The second-order valence-electron chi connectivity index (χ2n) is 6.84. The highest BCUT2D eigenvalue weighted by molar-refractivity contribution is 6.06. The molecule has 0 aliphatic heterocycles. The van der Waals surface area contributed by atoms with Gasteiger partial charge in [-0.3, -0.25) is 4.79 Å². The summed E-state index contributed by atoms with van der Waals surface area (Å²) in [6.45, 7) is 5.65. The highest BCUT2D eigenvalue weighted by Gasteiger charge is 2.17. The Morgan fingerprint density at radius 1 is 1.27 bits per heavy atom. The van der Waals surface area contributed by atoms with Gasteiger partial charge in [-0.05, 0) is 49.5 Å². The van der Waals surface area contributed by atoms with E-state index in [1.165, 1.54) is 44.1 Å². The standard InChI is InChI=1S/C22H27N3O/c1-3-10-21-20(16-23-25(21)4-2)22(26)24-19-14-9-13-18(15-19)17-11-7-5-6-8-12-17/h3-4,9-10,13-17H,2,5-8,11-12H2,1H3,(H,24,26)/b10-3-. The van der Waals surface area contributed by atoms with E-state index in [4.69, 9.17) is 0 Å². The van der Waals surface area contributed by atoms with Crippen molar-refractivity contribution in [1.29, 1.82) is 0 Å². The Morgan fingerprint density at radius 2 is 2.04 bits per heavy atom. The molecule has 1 saturated carbocycles. The lowest BCUT2D eigenvalue weighted by atomic mass is 9.91. The first-order valence-electron chi connectivity index (χ1n) is 9.47. The van der Waals surface area contributed by atoms with Crippen molar-refractivity contribution in [3.8, 4) is 0 Å². The first-order valence-corrected chi connectivity index (χ1v) is 9.47. The summed E-state index contributed by atoms with van der Waals surface area (Å²) < 4.78 is 1.61. The fourth-order valence-electron chi connectivity index (χ4n) is 3.70. The summed E-state index contributed by atoms with van der Waals surface area (Å²) in [5.41, 5.74) is 3.46. The quantitative estimate of drug-likeness (QED) is 0.703. The maximum Gasteiger partial charge on any atom is 0.259 e. The third-order valence-corrected chi connectivity index (χ3v) is 5.05. The van der Waals surface area contributed by atoms with Crippen LogP contribution in [0.5, 0.6) is 0 Å². The average Bonchev–Trinajstić information content (AvgIpc) is 2.87. The lowest BCUT2D eigenvalue weighted by Gasteiger charge is -2.16. The SMILES string of the molecule is C=Cn1ncc(C(=O)Nc2cccc(C3CCCCCC3)c2)c1/C=C\C. The van der Waals surface area contributed by atoms with E-state index in [0.29, 0.717) is 11.5 Å². The molecule has 2 aromatic rings. The molecule has 4 heteroatoms. The molecule has 0 unspecified atom stereocenters. The summed E-state index contributed by atoms with van der Waals surface area (Å²) in [5, 5.41) is 7.23. The molecule has 26 heavy (non-hydrogen) atoms. The number of hydrogen-bond acceptors (Lipinski definition) is 2. The Balaban J connectivity index is 1.79. The van der Waals surface area contributed by atoms with Crippen LogP contribution < -0.4 is 5.32 Å². The fourth-order valence-corrected chi connectivity index (χ4v) is 3.70.